The van der Waals surface area contributed by atoms with Crippen LogP contribution in [0.2, 0.25) is 0 Å². The summed E-state index contributed by atoms with van der Waals surface area (Å²) in [4.78, 5) is 22.2. The normalized spacial score (nSPS) is 21.7. The van der Waals surface area contributed by atoms with Gasteiger partial charge < -0.3 is 20.9 Å². The number of rotatable bonds is 7. The standard InChI is InChI=1S/C15H26N2O4/c16-13(14(18)19)10-6-7-11-17-15(20)21-12-8-4-2-1-3-5-9-12/h1-2,12-13H,3-11,16H2,(H,17,20)(H,18,19)/b2-1+/t12-,13+/m1/s1. The van der Waals surface area contributed by atoms with E-state index in [-0.39, 0.29) is 12.2 Å². The SMILES string of the molecule is N[C@@H](CCCCNC(=O)O[C@@H]1CC/C=C/CCC1)C(=O)O. The summed E-state index contributed by atoms with van der Waals surface area (Å²) in [6.07, 6.45) is 10.5. The highest BCUT2D eigenvalue weighted by Crippen LogP contribution is 2.15. The Morgan fingerprint density at radius 1 is 1.29 bits per heavy atom. The Morgan fingerprint density at radius 3 is 2.81 bits per heavy atom. The summed E-state index contributed by atoms with van der Waals surface area (Å²) in [5.74, 6) is -0.985. The van der Waals surface area contributed by atoms with Crippen LogP contribution in [-0.4, -0.2) is 35.9 Å². The second-order valence-electron chi connectivity index (χ2n) is 5.37. The Hall–Kier alpha value is -1.56. The van der Waals surface area contributed by atoms with Crippen molar-refractivity contribution in [2.24, 2.45) is 5.73 Å². The molecule has 0 spiro atoms. The minimum absolute atomic E-state index is 0.00428. The third kappa shape index (κ3) is 8.34. The van der Waals surface area contributed by atoms with Gasteiger partial charge in [-0.1, -0.05) is 12.2 Å². The topological polar surface area (TPSA) is 102 Å². The zero-order valence-electron chi connectivity index (χ0n) is 12.4. The van der Waals surface area contributed by atoms with Crippen molar-refractivity contribution in [3.8, 4) is 0 Å². The first-order valence-corrected chi connectivity index (χ1v) is 7.67. The van der Waals surface area contributed by atoms with Crippen molar-refractivity contribution >= 4 is 12.1 Å². The van der Waals surface area contributed by atoms with Crippen LogP contribution >= 0.6 is 0 Å². The molecule has 0 saturated heterocycles. The highest BCUT2D eigenvalue weighted by atomic mass is 16.6. The van der Waals surface area contributed by atoms with E-state index in [1.165, 1.54) is 0 Å². The molecule has 6 nitrogen and oxygen atoms in total. The van der Waals surface area contributed by atoms with Gasteiger partial charge in [-0.3, -0.25) is 4.79 Å². The lowest BCUT2D eigenvalue weighted by atomic mass is 10.0. The van der Waals surface area contributed by atoms with Gasteiger partial charge in [0.15, 0.2) is 0 Å². The van der Waals surface area contributed by atoms with Gasteiger partial charge in [0, 0.05) is 6.54 Å². The number of nitrogens with two attached hydrogens (primary N) is 1. The molecule has 4 N–H and O–H groups in total. The number of carbonyl (C=O) groups is 2. The van der Waals surface area contributed by atoms with Crippen molar-refractivity contribution in [1.82, 2.24) is 5.32 Å². The zero-order valence-corrected chi connectivity index (χ0v) is 12.4. The number of alkyl carbamates (subject to hydrolysis) is 1. The van der Waals surface area contributed by atoms with E-state index in [0.717, 1.165) is 32.1 Å². The van der Waals surface area contributed by atoms with Gasteiger partial charge in [-0.25, -0.2) is 4.79 Å². The number of nitrogens with one attached hydrogen (secondary N) is 1. The van der Waals surface area contributed by atoms with Gasteiger partial charge in [0.2, 0.25) is 0 Å². The molecule has 0 radical (unpaired) electrons. The number of hydrogen-bond acceptors (Lipinski definition) is 4. The molecule has 0 fully saturated rings. The second-order valence-corrected chi connectivity index (χ2v) is 5.37. The number of carboxylic acid groups (broad SMARTS) is 1. The van der Waals surface area contributed by atoms with Gasteiger partial charge in [-0.15, -0.1) is 0 Å². The number of hydrogen-bond donors (Lipinski definition) is 3. The molecule has 0 unspecified atom stereocenters. The lowest BCUT2D eigenvalue weighted by Gasteiger charge is -2.18. The van der Waals surface area contributed by atoms with Crippen LogP contribution in [0.25, 0.3) is 0 Å². The minimum atomic E-state index is -0.985. The van der Waals surface area contributed by atoms with Crippen molar-refractivity contribution in [1.29, 1.82) is 0 Å². The minimum Gasteiger partial charge on any atom is -0.480 e. The van der Waals surface area contributed by atoms with Gasteiger partial charge >= 0.3 is 12.1 Å². The number of aliphatic carboxylic acids is 1. The van der Waals surface area contributed by atoms with Crippen LogP contribution in [-0.2, 0) is 9.53 Å². The molecular formula is C15H26N2O4. The second kappa shape index (κ2) is 10.2. The number of allylic oxidation sites excluding steroid dienone is 2. The fourth-order valence-electron chi connectivity index (χ4n) is 2.24. The summed E-state index contributed by atoms with van der Waals surface area (Å²) in [5, 5.41) is 11.3. The van der Waals surface area contributed by atoms with E-state index in [4.69, 9.17) is 15.6 Å². The summed E-state index contributed by atoms with van der Waals surface area (Å²) >= 11 is 0. The predicted molar refractivity (Wildman–Crippen MR) is 80.0 cm³/mol. The summed E-state index contributed by atoms with van der Waals surface area (Å²) in [6.45, 7) is 0.484. The number of carbonyl (C=O) groups excluding carboxylic acids is 1. The third-order valence-electron chi connectivity index (χ3n) is 3.52. The average molecular weight is 298 g/mol. The van der Waals surface area contributed by atoms with E-state index in [1.807, 2.05) is 0 Å². The maximum Gasteiger partial charge on any atom is 0.407 e. The maximum absolute atomic E-state index is 11.6. The number of unbranched alkanes of at least 4 members (excludes halogenated alkanes) is 1. The van der Waals surface area contributed by atoms with Gasteiger partial charge in [0.25, 0.3) is 0 Å². The Kier molecular flexibility index (Phi) is 8.50. The van der Waals surface area contributed by atoms with Crippen LogP contribution in [0, 0.1) is 0 Å². The number of ether oxygens (including phenoxy) is 1. The van der Waals surface area contributed by atoms with Gasteiger partial charge in [0.1, 0.15) is 12.1 Å². The maximum atomic E-state index is 11.6. The molecule has 0 heterocycles. The smallest absolute Gasteiger partial charge is 0.407 e. The van der Waals surface area contributed by atoms with E-state index < -0.39 is 12.0 Å². The number of amides is 1. The lowest BCUT2D eigenvalue weighted by molar-refractivity contribution is -0.138. The Labute approximate surface area is 125 Å². The zero-order chi connectivity index (χ0) is 15.5. The Morgan fingerprint density at radius 2 is 2.05 bits per heavy atom. The molecule has 0 aromatic carbocycles. The highest BCUT2D eigenvalue weighted by Gasteiger charge is 2.14. The molecule has 2 atom stereocenters. The molecule has 1 aliphatic carbocycles. The molecule has 1 aliphatic rings. The van der Waals surface area contributed by atoms with Crippen LogP contribution in [0.4, 0.5) is 4.79 Å². The first-order chi connectivity index (χ1) is 10.1. The Bertz CT molecular complexity index is 358. The third-order valence-corrected chi connectivity index (χ3v) is 3.52. The van der Waals surface area contributed by atoms with Crippen LogP contribution in [0.3, 0.4) is 0 Å². The van der Waals surface area contributed by atoms with Crippen molar-refractivity contribution in [3.05, 3.63) is 12.2 Å². The van der Waals surface area contributed by atoms with Gasteiger partial charge in [-0.2, -0.15) is 0 Å². The Balaban J connectivity index is 2.08. The largest absolute Gasteiger partial charge is 0.480 e. The molecule has 0 saturated carbocycles. The van der Waals surface area contributed by atoms with E-state index >= 15 is 0 Å². The van der Waals surface area contributed by atoms with Crippen LogP contribution in [0.5, 0.6) is 0 Å². The van der Waals surface area contributed by atoms with Crippen molar-refractivity contribution in [3.63, 3.8) is 0 Å². The van der Waals surface area contributed by atoms with Crippen LogP contribution in [0.1, 0.15) is 51.4 Å². The van der Waals surface area contributed by atoms with E-state index in [1.54, 1.807) is 0 Å². The molecular weight excluding hydrogens is 272 g/mol. The van der Waals surface area contributed by atoms with E-state index in [0.29, 0.717) is 25.8 Å². The molecule has 6 heteroatoms. The lowest BCUT2D eigenvalue weighted by Crippen LogP contribution is -2.31. The van der Waals surface area contributed by atoms with Gasteiger partial charge in [-0.05, 0) is 51.4 Å². The molecule has 0 aliphatic heterocycles. The number of carboxylic acids is 1. The highest BCUT2D eigenvalue weighted by molar-refractivity contribution is 5.72. The molecule has 0 aromatic heterocycles. The van der Waals surface area contributed by atoms with Crippen molar-refractivity contribution in [2.45, 2.75) is 63.5 Å². The summed E-state index contributed by atoms with van der Waals surface area (Å²) in [6, 6.07) is -0.820. The summed E-state index contributed by atoms with van der Waals surface area (Å²) in [7, 11) is 0. The molecule has 21 heavy (non-hydrogen) atoms. The molecule has 0 aromatic rings. The van der Waals surface area contributed by atoms with Crippen molar-refractivity contribution in [2.75, 3.05) is 6.54 Å². The van der Waals surface area contributed by atoms with E-state index in [2.05, 4.69) is 17.5 Å². The predicted octanol–water partition coefficient (Wildman–Crippen LogP) is 2.18. The first kappa shape index (κ1) is 17.5. The average Bonchev–Trinajstić information content (AvgIpc) is 2.41. The fraction of sp³-hybridized carbons (Fsp3) is 0.733. The summed E-state index contributed by atoms with van der Waals surface area (Å²) in [5.41, 5.74) is 5.39. The van der Waals surface area contributed by atoms with Crippen LogP contribution in [0.15, 0.2) is 12.2 Å². The molecule has 0 bridgehead atoms. The molecule has 1 amide bonds. The quantitative estimate of drug-likeness (QED) is 0.494. The van der Waals surface area contributed by atoms with Gasteiger partial charge in [0.05, 0.1) is 0 Å². The first-order valence-electron chi connectivity index (χ1n) is 7.67. The molecule has 120 valence electrons. The summed E-state index contributed by atoms with van der Waals surface area (Å²) < 4.78 is 5.39. The van der Waals surface area contributed by atoms with Crippen molar-refractivity contribution < 1.29 is 19.4 Å². The molecule has 1 rings (SSSR count). The van der Waals surface area contributed by atoms with E-state index in [9.17, 15) is 9.59 Å². The monoisotopic (exact) mass is 298 g/mol. The fourth-order valence-corrected chi connectivity index (χ4v) is 2.24. The van der Waals surface area contributed by atoms with Crippen LogP contribution < -0.4 is 11.1 Å².